The number of likely N-dealkylation sites (tertiary alicyclic amines) is 1. The van der Waals surface area contributed by atoms with Crippen LogP contribution >= 0.6 is 0 Å². The zero-order valence-electron chi connectivity index (χ0n) is 15.6. The Morgan fingerprint density at radius 3 is 2.81 bits per heavy atom. The quantitative estimate of drug-likeness (QED) is 0.872. The fourth-order valence-corrected chi connectivity index (χ4v) is 4.28. The molecule has 1 N–H and O–H groups in total. The number of anilines is 1. The van der Waals surface area contributed by atoms with E-state index in [1.54, 1.807) is 0 Å². The molecule has 2 saturated heterocycles. The molecule has 2 fully saturated rings. The number of oxazole rings is 1. The van der Waals surface area contributed by atoms with Gasteiger partial charge in [0.05, 0.1) is 5.92 Å². The highest BCUT2D eigenvalue weighted by molar-refractivity contribution is 5.79. The van der Waals surface area contributed by atoms with E-state index in [0.29, 0.717) is 12.1 Å². The van der Waals surface area contributed by atoms with Gasteiger partial charge in [0.2, 0.25) is 5.91 Å². The van der Waals surface area contributed by atoms with Gasteiger partial charge in [-0.2, -0.15) is 4.98 Å². The molecule has 1 atom stereocenters. The zero-order chi connectivity index (χ0) is 18.6. The molecule has 2 aromatic rings. The van der Waals surface area contributed by atoms with Crippen molar-refractivity contribution in [2.75, 3.05) is 44.3 Å². The largest absolute Gasteiger partial charge is 0.423 e. The van der Waals surface area contributed by atoms with Gasteiger partial charge in [-0.05, 0) is 44.4 Å². The number of nitrogens with zero attached hydrogens (tertiary/aromatic N) is 3. The van der Waals surface area contributed by atoms with E-state index in [-0.39, 0.29) is 18.4 Å². The van der Waals surface area contributed by atoms with Gasteiger partial charge in [-0.3, -0.25) is 9.69 Å². The summed E-state index contributed by atoms with van der Waals surface area (Å²) in [5, 5.41) is 2.70. The van der Waals surface area contributed by atoms with Gasteiger partial charge in [0, 0.05) is 32.2 Å². The van der Waals surface area contributed by atoms with Crippen LogP contribution in [0.3, 0.4) is 0 Å². The van der Waals surface area contributed by atoms with E-state index in [0.717, 1.165) is 63.0 Å². The number of para-hydroxylation sites is 2. The van der Waals surface area contributed by atoms with Gasteiger partial charge in [-0.15, -0.1) is 0 Å². The maximum absolute atomic E-state index is 12.3. The molecule has 146 valence electrons. The summed E-state index contributed by atoms with van der Waals surface area (Å²) in [6.45, 7) is 3.26. The Morgan fingerprint density at radius 2 is 2.04 bits per heavy atom. The minimum Gasteiger partial charge on any atom is -0.423 e. The van der Waals surface area contributed by atoms with E-state index >= 15 is 0 Å². The summed E-state index contributed by atoms with van der Waals surface area (Å²) in [4.78, 5) is 21.4. The molecule has 4 rings (SSSR count). The number of hydrogen-bond donors (Lipinski definition) is 1. The molecule has 0 spiro atoms. The first-order valence-corrected chi connectivity index (χ1v) is 9.93. The lowest BCUT2D eigenvalue weighted by Crippen LogP contribution is -2.51. The molecule has 7 heteroatoms. The number of carbonyl (C=O) groups is 1. The van der Waals surface area contributed by atoms with Crippen LogP contribution in [0.4, 0.5) is 10.4 Å². The molecule has 2 aliphatic heterocycles. The average Bonchev–Trinajstić information content (AvgIpc) is 3.16. The van der Waals surface area contributed by atoms with Crippen molar-refractivity contribution in [1.29, 1.82) is 0 Å². The summed E-state index contributed by atoms with van der Waals surface area (Å²) in [5.74, 6) is -0.0124. The maximum atomic E-state index is 12.3. The number of amides is 1. The average molecular weight is 374 g/mol. The number of halogens is 1. The lowest BCUT2D eigenvalue weighted by molar-refractivity contribution is -0.127. The number of benzene rings is 1. The van der Waals surface area contributed by atoms with Gasteiger partial charge in [0.15, 0.2) is 5.58 Å². The van der Waals surface area contributed by atoms with E-state index in [4.69, 9.17) is 4.42 Å². The van der Waals surface area contributed by atoms with E-state index in [9.17, 15) is 9.18 Å². The number of aromatic nitrogens is 1. The van der Waals surface area contributed by atoms with Crippen LogP contribution in [0.25, 0.3) is 11.1 Å². The number of rotatable bonds is 5. The Labute approximate surface area is 158 Å². The molecule has 1 aromatic carbocycles. The number of alkyl halides is 1. The van der Waals surface area contributed by atoms with E-state index in [1.807, 2.05) is 24.3 Å². The molecular weight excluding hydrogens is 347 g/mol. The van der Waals surface area contributed by atoms with Crippen LogP contribution in [-0.4, -0.2) is 61.2 Å². The summed E-state index contributed by atoms with van der Waals surface area (Å²) >= 11 is 0. The highest BCUT2D eigenvalue weighted by atomic mass is 19.1. The van der Waals surface area contributed by atoms with Gasteiger partial charge < -0.3 is 14.6 Å². The van der Waals surface area contributed by atoms with Crippen molar-refractivity contribution in [2.45, 2.75) is 31.7 Å². The maximum Gasteiger partial charge on any atom is 0.298 e. The Kier molecular flexibility index (Phi) is 5.57. The molecule has 1 aromatic heterocycles. The first-order valence-electron chi connectivity index (χ1n) is 9.93. The standard InChI is InChI=1S/C20H27FN4O2/c21-9-10-22-19(26)15-4-3-11-25(14-15)16-7-12-24(13-8-16)20-23-17-5-1-2-6-18(17)27-20/h1-2,5-6,15-16H,3-4,7-14H2,(H,22,26)/t15-/m0/s1. The minimum absolute atomic E-state index is 0.00117. The third-order valence-corrected chi connectivity index (χ3v) is 5.75. The number of nitrogens with one attached hydrogen (secondary N) is 1. The van der Waals surface area contributed by atoms with Gasteiger partial charge in [-0.1, -0.05) is 12.1 Å². The molecule has 0 bridgehead atoms. The highest BCUT2D eigenvalue weighted by Crippen LogP contribution is 2.28. The van der Waals surface area contributed by atoms with Crippen LogP contribution in [0.15, 0.2) is 28.7 Å². The number of hydrogen-bond acceptors (Lipinski definition) is 5. The Morgan fingerprint density at radius 1 is 1.22 bits per heavy atom. The topological polar surface area (TPSA) is 61.6 Å². The fourth-order valence-electron chi connectivity index (χ4n) is 4.28. The van der Waals surface area contributed by atoms with Crippen LogP contribution in [0.1, 0.15) is 25.7 Å². The third-order valence-electron chi connectivity index (χ3n) is 5.75. The van der Waals surface area contributed by atoms with E-state index in [2.05, 4.69) is 20.1 Å². The van der Waals surface area contributed by atoms with Gasteiger partial charge in [0.1, 0.15) is 12.2 Å². The highest BCUT2D eigenvalue weighted by Gasteiger charge is 2.32. The van der Waals surface area contributed by atoms with Crippen molar-refractivity contribution in [3.05, 3.63) is 24.3 Å². The molecule has 27 heavy (non-hydrogen) atoms. The monoisotopic (exact) mass is 374 g/mol. The number of carbonyl (C=O) groups excluding carboxylic acids is 1. The molecule has 0 unspecified atom stereocenters. The normalized spacial score (nSPS) is 22.3. The van der Waals surface area contributed by atoms with Gasteiger partial charge in [-0.25, -0.2) is 4.39 Å². The first kappa shape index (κ1) is 18.2. The minimum atomic E-state index is -0.504. The summed E-state index contributed by atoms with van der Waals surface area (Å²) in [7, 11) is 0. The Balaban J connectivity index is 1.32. The van der Waals surface area contributed by atoms with Crippen LogP contribution in [0.5, 0.6) is 0 Å². The van der Waals surface area contributed by atoms with E-state index in [1.165, 1.54) is 0 Å². The van der Waals surface area contributed by atoms with Crippen molar-refractivity contribution < 1.29 is 13.6 Å². The van der Waals surface area contributed by atoms with Crippen molar-refractivity contribution >= 4 is 23.0 Å². The summed E-state index contributed by atoms with van der Waals surface area (Å²) in [6, 6.07) is 9.04. The number of fused-ring (bicyclic) bond motifs is 1. The molecule has 3 heterocycles. The van der Waals surface area contributed by atoms with Crippen LogP contribution in [0.2, 0.25) is 0 Å². The van der Waals surface area contributed by atoms with Gasteiger partial charge in [0.25, 0.3) is 6.01 Å². The SMILES string of the molecule is O=C(NCCF)[C@H]1CCCN(C2CCN(c3nc4ccccc4o3)CC2)C1. The molecule has 0 aliphatic carbocycles. The third kappa shape index (κ3) is 4.08. The second-order valence-corrected chi connectivity index (χ2v) is 7.50. The van der Waals surface area contributed by atoms with E-state index < -0.39 is 6.67 Å². The van der Waals surface area contributed by atoms with Crippen molar-refractivity contribution in [1.82, 2.24) is 15.2 Å². The second kappa shape index (κ2) is 8.25. The van der Waals surface area contributed by atoms with Crippen molar-refractivity contribution in [2.24, 2.45) is 5.92 Å². The first-order chi connectivity index (χ1) is 13.2. The molecule has 6 nitrogen and oxygen atoms in total. The molecule has 0 saturated carbocycles. The van der Waals surface area contributed by atoms with Crippen LogP contribution < -0.4 is 10.2 Å². The molecule has 1 amide bonds. The summed E-state index contributed by atoms with van der Waals surface area (Å²) in [5.41, 5.74) is 1.72. The summed E-state index contributed by atoms with van der Waals surface area (Å²) < 4.78 is 18.2. The van der Waals surface area contributed by atoms with Crippen molar-refractivity contribution in [3.8, 4) is 0 Å². The smallest absolute Gasteiger partial charge is 0.298 e. The zero-order valence-corrected chi connectivity index (χ0v) is 15.6. The predicted octanol–water partition coefficient (Wildman–Crippen LogP) is 2.59. The molecule has 0 radical (unpaired) electrons. The second-order valence-electron chi connectivity index (χ2n) is 7.50. The molecule has 2 aliphatic rings. The van der Waals surface area contributed by atoms with Crippen LogP contribution in [0, 0.1) is 5.92 Å². The predicted molar refractivity (Wildman–Crippen MR) is 103 cm³/mol. The Hall–Kier alpha value is -2.15. The number of piperidine rings is 2. The Bertz CT molecular complexity index is 739. The summed E-state index contributed by atoms with van der Waals surface area (Å²) in [6.07, 6.45) is 4.00. The van der Waals surface area contributed by atoms with Crippen LogP contribution in [-0.2, 0) is 4.79 Å². The van der Waals surface area contributed by atoms with Gasteiger partial charge >= 0.3 is 0 Å². The lowest BCUT2D eigenvalue weighted by atomic mass is 9.93. The van der Waals surface area contributed by atoms with Crippen molar-refractivity contribution in [3.63, 3.8) is 0 Å². The molecular formula is C20H27FN4O2. The fraction of sp³-hybridized carbons (Fsp3) is 0.600. The lowest BCUT2D eigenvalue weighted by Gasteiger charge is -2.41.